The summed E-state index contributed by atoms with van der Waals surface area (Å²) >= 11 is 0. The number of carbonyl (C=O) groups excluding carboxylic acids is 1. The summed E-state index contributed by atoms with van der Waals surface area (Å²) in [5.74, 6) is 0.0409. The highest BCUT2D eigenvalue weighted by Gasteiger charge is 2.25. The lowest BCUT2D eigenvalue weighted by molar-refractivity contribution is -0.121. The Morgan fingerprint density at radius 1 is 1.41 bits per heavy atom. The standard InChI is InChI=1S/C13H18N2O2/c16-8-4-3-7-14-13(17)12-9-10-5-1-2-6-11(10)15-12/h1-2,5-6,12,15-16H,3-4,7-9H2,(H,14,17)/t12-/m0/s1. The van der Waals surface area contributed by atoms with Crippen molar-refractivity contribution >= 4 is 11.6 Å². The second-order valence-corrected chi connectivity index (χ2v) is 4.28. The molecule has 0 aromatic heterocycles. The number of para-hydroxylation sites is 1. The molecule has 1 atom stereocenters. The van der Waals surface area contributed by atoms with Crippen LogP contribution in [0.2, 0.25) is 0 Å². The summed E-state index contributed by atoms with van der Waals surface area (Å²) in [6.07, 6.45) is 2.31. The van der Waals surface area contributed by atoms with E-state index in [1.807, 2.05) is 24.3 Å². The average molecular weight is 234 g/mol. The van der Waals surface area contributed by atoms with Crippen molar-refractivity contribution in [2.24, 2.45) is 0 Å². The first kappa shape index (κ1) is 11.9. The van der Waals surface area contributed by atoms with E-state index in [9.17, 15) is 4.79 Å². The van der Waals surface area contributed by atoms with E-state index in [0.29, 0.717) is 6.54 Å². The summed E-state index contributed by atoms with van der Waals surface area (Å²) < 4.78 is 0. The number of carbonyl (C=O) groups is 1. The first-order chi connectivity index (χ1) is 8.31. The van der Waals surface area contributed by atoms with Gasteiger partial charge in [-0.3, -0.25) is 4.79 Å². The van der Waals surface area contributed by atoms with E-state index in [1.165, 1.54) is 5.56 Å². The summed E-state index contributed by atoms with van der Waals surface area (Å²) in [7, 11) is 0. The van der Waals surface area contributed by atoms with Gasteiger partial charge < -0.3 is 15.7 Å². The SMILES string of the molecule is O=C(NCCCCO)[C@@H]1Cc2ccccc2N1. The lowest BCUT2D eigenvalue weighted by atomic mass is 10.1. The predicted octanol–water partition coefficient (Wildman–Crippen LogP) is 0.912. The largest absolute Gasteiger partial charge is 0.396 e. The Kier molecular flexibility index (Phi) is 3.98. The van der Waals surface area contributed by atoms with Crippen molar-refractivity contribution < 1.29 is 9.90 Å². The third-order valence-corrected chi connectivity index (χ3v) is 2.97. The van der Waals surface area contributed by atoms with Crippen molar-refractivity contribution in [3.63, 3.8) is 0 Å². The van der Waals surface area contributed by atoms with Crippen LogP contribution >= 0.6 is 0 Å². The third kappa shape index (κ3) is 2.97. The van der Waals surface area contributed by atoms with Crippen LogP contribution in [0.15, 0.2) is 24.3 Å². The molecule has 17 heavy (non-hydrogen) atoms. The molecule has 0 bridgehead atoms. The first-order valence-corrected chi connectivity index (χ1v) is 6.04. The molecule has 1 aliphatic rings. The smallest absolute Gasteiger partial charge is 0.242 e. The van der Waals surface area contributed by atoms with E-state index >= 15 is 0 Å². The van der Waals surface area contributed by atoms with Crippen molar-refractivity contribution in [2.45, 2.75) is 25.3 Å². The van der Waals surface area contributed by atoms with Gasteiger partial charge in [-0.2, -0.15) is 0 Å². The molecule has 1 heterocycles. The molecule has 0 fully saturated rings. The summed E-state index contributed by atoms with van der Waals surface area (Å²) in [4.78, 5) is 11.8. The Labute approximate surface area is 101 Å². The Bertz CT molecular complexity index is 368. The fourth-order valence-corrected chi connectivity index (χ4v) is 2.03. The minimum absolute atomic E-state index is 0.0409. The van der Waals surface area contributed by atoms with Crippen molar-refractivity contribution in [3.8, 4) is 0 Å². The number of anilines is 1. The van der Waals surface area contributed by atoms with E-state index in [-0.39, 0.29) is 18.6 Å². The Hall–Kier alpha value is -1.55. The highest BCUT2D eigenvalue weighted by atomic mass is 16.2. The highest BCUT2D eigenvalue weighted by Crippen LogP contribution is 2.24. The maximum atomic E-state index is 11.8. The van der Waals surface area contributed by atoms with Gasteiger partial charge >= 0.3 is 0 Å². The molecule has 0 unspecified atom stereocenters. The number of benzene rings is 1. The number of amides is 1. The molecule has 0 aliphatic carbocycles. The third-order valence-electron chi connectivity index (χ3n) is 2.97. The van der Waals surface area contributed by atoms with Gasteiger partial charge in [-0.25, -0.2) is 0 Å². The minimum atomic E-state index is -0.151. The lowest BCUT2D eigenvalue weighted by Crippen LogP contribution is -2.38. The second-order valence-electron chi connectivity index (χ2n) is 4.28. The monoisotopic (exact) mass is 234 g/mol. The van der Waals surface area contributed by atoms with Crippen LogP contribution in [-0.2, 0) is 11.2 Å². The molecular formula is C13H18N2O2. The number of fused-ring (bicyclic) bond motifs is 1. The number of unbranched alkanes of at least 4 members (excludes halogenated alkanes) is 1. The number of rotatable bonds is 5. The van der Waals surface area contributed by atoms with Crippen LogP contribution in [0.4, 0.5) is 5.69 Å². The van der Waals surface area contributed by atoms with Crippen molar-refractivity contribution in [1.82, 2.24) is 5.32 Å². The van der Waals surface area contributed by atoms with Gasteiger partial charge in [0.2, 0.25) is 5.91 Å². The predicted molar refractivity (Wildman–Crippen MR) is 66.9 cm³/mol. The fraction of sp³-hybridized carbons (Fsp3) is 0.462. The second kappa shape index (κ2) is 5.68. The van der Waals surface area contributed by atoms with E-state index < -0.39 is 0 Å². The molecule has 1 aromatic rings. The summed E-state index contributed by atoms with van der Waals surface area (Å²) in [6, 6.07) is 7.84. The zero-order valence-electron chi connectivity index (χ0n) is 9.78. The molecule has 1 aliphatic heterocycles. The molecule has 0 saturated carbocycles. The van der Waals surface area contributed by atoms with E-state index in [0.717, 1.165) is 24.9 Å². The molecule has 1 amide bonds. The van der Waals surface area contributed by atoms with Crippen LogP contribution in [0, 0.1) is 0 Å². The number of nitrogens with one attached hydrogen (secondary N) is 2. The molecule has 0 saturated heterocycles. The summed E-state index contributed by atoms with van der Waals surface area (Å²) in [5, 5.41) is 14.7. The minimum Gasteiger partial charge on any atom is -0.396 e. The van der Waals surface area contributed by atoms with Gasteiger partial charge in [0.25, 0.3) is 0 Å². The Morgan fingerprint density at radius 3 is 3.00 bits per heavy atom. The lowest BCUT2D eigenvalue weighted by Gasteiger charge is -2.11. The molecule has 92 valence electrons. The van der Waals surface area contributed by atoms with Gasteiger partial charge in [0.1, 0.15) is 6.04 Å². The highest BCUT2D eigenvalue weighted by molar-refractivity contribution is 5.87. The number of hydrogen-bond donors (Lipinski definition) is 3. The Morgan fingerprint density at radius 2 is 2.24 bits per heavy atom. The van der Waals surface area contributed by atoms with Crippen LogP contribution in [-0.4, -0.2) is 30.2 Å². The van der Waals surface area contributed by atoms with Crippen molar-refractivity contribution in [1.29, 1.82) is 0 Å². The molecule has 2 rings (SSSR count). The summed E-state index contributed by atoms with van der Waals surface area (Å²) in [6.45, 7) is 0.816. The van der Waals surface area contributed by atoms with E-state index in [2.05, 4.69) is 10.6 Å². The van der Waals surface area contributed by atoms with Gasteiger partial charge in [0, 0.05) is 25.3 Å². The molecule has 4 nitrogen and oxygen atoms in total. The summed E-state index contributed by atoms with van der Waals surface area (Å²) in [5.41, 5.74) is 2.26. The van der Waals surface area contributed by atoms with Crippen LogP contribution in [0.5, 0.6) is 0 Å². The van der Waals surface area contributed by atoms with Crippen LogP contribution in [0.3, 0.4) is 0 Å². The molecule has 3 N–H and O–H groups in total. The maximum Gasteiger partial charge on any atom is 0.242 e. The quantitative estimate of drug-likeness (QED) is 0.664. The molecule has 1 aromatic carbocycles. The normalized spacial score (nSPS) is 17.4. The van der Waals surface area contributed by atoms with Gasteiger partial charge in [0.15, 0.2) is 0 Å². The average Bonchev–Trinajstić information content (AvgIpc) is 2.78. The topological polar surface area (TPSA) is 61.4 Å². The zero-order chi connectivity index (χ0) is 12.1. The number of hydrogen-bond acceptors (Lipinski definition) is 3. The van der Waals surface area contributed by atoms with Crippen LogP contribution < -0.4 is 10.6 Å². The van der Waals surface area contributed by atoms with Crippen LogP contribution in [0.1, 0.15) is 18.4 Å². The maximum absolute atomic E-state index is 11.8. The zero-order valence-corrected chi connectivity index (χ0v) is 9.78. The molecule has 0 radical (unpaired) electrons. The molecule has 4 heteroatoms. The van der Waals surface area contributed by atoms with Crippen LogP contribution in [0.25, 0.3) is 0 Å². The van der Waals surface area contributed by atoms with Gasteiger partial charge in [-0.1, -0.05) is 18.2 Å². The number of aliphatic hydroxyl groups excluding tert-OH is 1. The van der Waals surface area contributed by atoms with E-state index in [4.69, 9.17) is 5.11 Å². The molecule has 0 spiro atoms. The fourth-order valence-electron chi connectivity index (χ4n) is 2.03. The first-order valence-electron chi connectivity index (χ1n) is 6.04. The Balaban J connectivity index is 1.80. The van der Waals surface area contributed by atoms with Crippen molar-refractivity contribution in [3.05, 3.63) is 29.8 Å². The molecular weight excluding hydrogens is 216 g/mol. The van der Waals surface area contributed by atoms with Gasteiger partial charge in [0.05, 0.1) is 0 Å². The van der Waals surface area contributed by atoms with Crippen molar-refractivity contribution in [2.75, 3.05) is 18.5 Å². The van der Waals surface area contributed by atoms with E-state index in [1.54, 1.807) is 0 Å². The van der Waals surface area contributed by atoms with Gasteiger partial charge in [-0.15, -0.1) is 0 Å². The van der Waals surface area contributed by atoms with Gasteiger partial charge in [-0.05, 0) is 24.5 Å². The number of aliphatic hydroxyl groups is 1.